The predicted molar refractivity (Wildman–Crippen MR) is 115 cm³/mol. The topological polar surface area (TPSA) is 58.9 Å². The zero-order valence-corrected chi connectivity index (χ0v) is 17.6. The highest BCUT2D eigenvalue weighted by Crippen LogP contribution is 2.24. The third kappa shape index (κ3) is 3.72. The third-order valence-electron chi connectivity index (χ3n) is 5.84. The van der Waals surface area contributed by atoms with Crippen molar-refractivity contribution in [3.63, 3.8) is 0 Å². The molecule has 3 heterocycles. The molecule has 0 atom stereocenters. The van der Waals surface area contributed by atoms with Crippen LogP contribution in [-0.4, -0.2) is 46.5 Å². The summed E-state index contributed by atoms with van der Waals surface area (Å²) in [5, 5.41) is 3.55. The number of benzene rings is 1. The number of anilines is 1. The largest absolute Gasteiger partial charge is 0.378 e. The second-order valence-electron chi connectivity index (χ2n) is 7.75. The zero-order valence-electron chi connectivity index (χ0n) is 17.6. The van der Waals surface area contributed by atoms with E-state index >= 15 is 0 Å². The van der Waals surface area contributed by atoms with Crippen LogP contribution in [0.5, 0.6) is 0 Å². The highest BCUT2D eigenvalue weighted by molar-refractivity contribution is 5.96. The van der Waals surface area contributed by atoms with Crippen LogP contribution in [0.2, 0.25) is 0 Å². The molecule has 0 unspecified atom stereocenters. The Labute approximate surface area is 171 Å². The van der Waals surface area contributed by atoms with Crippen molar-refractivity contribution in [1.82, 2.24) is 14.3 Å². The van der Waals surface area contributed by atoms with Gasteiger partial charge in [-0.2, -0.15) is 0 Å². The van der Waals surface area contributed by atoms with Crippen LogP contribution in [0.1, 0.15) is 38.4 Å². The maximum Gasteiger partial charge on any atom is 0.255 e. The van der Waals surface area contributed by atoms with Crippen molar-refractivity contribution >= 4 is 17.2 Å². The van der Waals surface area contributed by atoms with Gasteiger partial charge in [-0.05, 0) is 50.5 Å². The molecule has 1 fully saturated rings. The number of hydrogen-bond acceptors (Lipinski definition) is 4. The normalized spacial score (nSPS) is 14.4. The first kappa shape index (κ1) is 19.5. The summed E-state index contributed by atoms with van der Waals surface area (Å²) < 4.78 is 7.41. The van der Waals surface area contributed by atoms with Gasteiger partial charge in [-0.15, -0.1) is 0 Å². The molecule has 0 aliphatic carbocycles. The molecule has 3 aromatic rings. The van der Waals surface area contributed by atoms with E-state index in [1.54, 1.807) is 0 Å². The lowest BCUT2D eigenvalue weighted by Gasteiger charge is -2.27. The van der Waals surface area contributed by atoms with Crippen LogP contribution in [0.4, 0.5) is 5.69 Å². The van der Waals surface area contributed by atoms with Crippen molar-refractivity contribution in [2.45, 2.75) is 34.2 Å². The number of rotatable bonds is 4. The lowest BCUT2D eigenvalue weighted by atomic mass is 10.0. The summed E-state index contributed by atoms with van der Waals surface area (Å²) in [6, 6.07) is 8.27. The van der Waals surface area contributed by atoms with E-state index in [0.717, 1.165) is 22.7 Å². The number of nitrogens with one attached hydrogen (secondary N) is 1. The molecule has 0 spiro atoms. The smallest absolute Gasteiger partial charge is 0.255 e. The number of fused-ring (bicyclic) bond motifs is 1. The van der Waals surface area contributed by atoms with Gasteiger partial charge in [0, 0.05) is 31.5 Å². The Bertz CT molecular complexity index is 1040. The summed E-state index contributed by atoms with van der Waals surface area (Å²) >= 11 is 0. The van der Waals surface area contributed by atoms with Crippen molar-refractivity contribution < 1.29 is 9.53 Å². The van der Waals surface area contributed by atoms with Crippen LogP contribution in [0.25, 0.3) is 5.65 Å². The molecule has 29 heavy (non-hydrogen) atoms. The number of carbonyl (C=O) groups excluding carboxylic acids is 1. The molecule has 152 valence electrons. The Kier molecular flexibility index (Phi) is 5.28. The minimum Gasteiger partial charge on any atom is -0.378 e. The molecular weight excluding hydrogens is 364 g/mol. The molecule has 6 heteroatoms. The van der Waals surface area contributed by atoms with Gasteiger partial charge in [-0.25, -0.2) is 4.98 Å². The predicted octanol–water partition coefficient (Wildman–Crippen LogP) is 3.65. The number of pyridine rings is 1. The highest BCUT2D eigenvalue weighted by atomic mass is 16.5. The van der Waals surface area contributed by atoms with Gasteiger partial charge in [-0.1, -0.05) is 18.2 Å². The molecular formula is C23H28N4O2. The van der Waals surface area contributed by atoms with Gasteiger partial charge in [-0.3, -0.25) is 4.79 Å². The summed E-state index contributed by atoms with van der Waals surface area (Å²) in [6.07, 6.45) is 1.91. The van der Waals surface area contributed by atoms with E-state index in [0.29, 0.717) is 38.4 Å². The number of aryl methyl sites for hydroxylation is 4. The number of nitrogens with zero attached hydrogens (tertiary/aromatic N) is 3. The van der Waals surface area contributed by atoms with Crippen molar-refractivity contribution in [3.05, 3.63) is 64.1 Å². The van der Waals surface area contributed by atoms with Crippen molar-refractivity contribution in [1.29, 1.82) is 0 Å². The fourth-order valence-corrected chi connectivity index (χ4v) is 3.88. The second kappa shape index (κ2) is 7.87. The number of carbonyl (C=O) groups is 1. The number of ether oxygens (including phenoxy) is 1. The number of imidazole rings is 1. The Morgan fingerprint density at radius 1 is 1.14 bits per heavy atom. The Hall–Kier alpha value is -2.86. The molecule has 2 aromatic heterocycles. The maximum atomic E-state index is 13.1. The first-order valence-electron chi connectivity index (χ1n) is 10.1. The fourth-order valence-electron chi connectivity index (χ4n) is 3.88. The van der Waals surface area contributed by atoms with E-state index in [1.807, 2.05) is 35.4 Å². The number of morpholine rings is 1. The van der Waals surface area contributed by atoms with Crippen molar-refractivity contribution in [3.8, 4) is 0 Å². The fraction of sp³-hybridized carbons (Fsp3) is 0.391. The first-order valence-corrected chi connectivity index (χ1v) is 10.1. The summed E-state index contributed by atoms with van der Waals surface area (Å²) in [5.41, 5.74) is 8.20. The van der Waals surface area contributed by atoms with Gasteiger partial charge in [0.2, 0.25) is 0 Å². The van der Waals surface area contributed by atoms with Crippen LogP contribution in [0, 0.1) is 27.7 Å². The monoisotopic (exact) mass is 392 g/mol. The second-order valence-corrected chi connectivity index (χ2v) is 7.75. The standard InChI is InChI=1S/C23H28N4O2/c1-15-6-5-7-16(2)20(15)13-24-21-12-19(23(28)26-8-10-29-11-9-26)14-27-18(4)17(3)25-22(21)27/h5-7,12,14,24H,8-11,13H2,1-4H3. The van der Waals surface area contributed by atoms with E-state index in [1.165, 1.54) is 16.7 Å². The number of hydrogen-bond donors (Lipinski definition) is 1. The van der Waals surface area contributed by atoms with Gasteiger partial charge in [0.1, 0.15) is 0 Å². The molecule has 1 aromatic carbocycles. The van der Waals surface area contributed by atoms with Gasteiger partial charge in [0.15, 0.2) is 5.65 Å². The van der Waals surface area contributed by atoms with Gasteiger partial charge in [0.05, 0.1) is 30.2 Å². The molecule has 1 N–H and O–H groups in total. The molecule has 0 bridgehead atoms. The van der Waals surface area contributed by atoms with Crippen molar-refractivity contribution in [2.24, 2.45) is 0 Å². The lowest BCUT2D eigenvalue weighted by molar-refractivity contribution is 0.0302. The van der Waals surface area contributed by atoms with E-state index in [-0.39, 0.29) is 5.91 Å². The molecule has 1 amide bonds. The molecule has 6 nitrogen and oxygen atoms in total. The van der Waals surface area contributed by atoms with Gasteiger partial charge < -0.3 is 19.4 Å². The SMILES string of the molecule is Cc1cccc(C)c1CNc1cc(C(=O)N2CCOCC2)cn2c(C)c(C)nc12. The van der Waals surface area contributed by atoms with Crippen LogP contribution in [0.15, 0.2) is 30.5 Å². The molecule has 0 radical (unpaired) electrons. The first-order chi connectivity index (χ1) is 14.0. The van der Waals surface area contributed by atoms with Crippen molar-refractivity contribution in [2.75, 3.05) is 31.6 Å². The van der Waals surface area contributed by atoms with E-state index < -0.39 is 0 Å². The number of aromatic nitrogens is 2. The molecule has 1 saturated heterocycles. The zero-order chi connectivity index (χ0) is 20.5. The summed E-state index contributed by atoms with van der Waals surface area (Å²) in [5.74, 6) is 0.0380. The Balaban J connectivity index is 1.71. The van der Waals surface area contributed by atoms with Gasteiger partial charge in [0.25, 0.3) is 5.91 Å². The number of amides is 1. The van der Waals surface area contributed by atoms with E-state index in [9.17, 15) is 4.79 Å². The van der Waals surface area contributed by atoms with Gasteiger partial charge >= 0.3 is 0 Å². The van der Waals surface area contributed by atoms with Crippen LogP contribution in [-0.2, 0) is 11.3 Å². The highest BCUT2D eigenvalue weighted by Gasteiger charge is 2.21. The average Bonchev–Trinajstić information content (AvgIpc) is 3.02. The summed E-state index contributed by atoms with van der Waals surface area (Å²) in [6.45, 7) is 11.4. The minimum absolute atomic E-state index is 0.0380. The van der Waals surface area contributed by atoms with Crippen LogP contribution in [0.3, 0.4) is 0 Å². The third-order valence-corrected chi connectivity index (χ3v) is 5.84. The van der Waals surface area contributed by atoms with Crippen LogP contribution < -0.4 is 5.32 Å². The maximum absolute atomic E-state index is 13.1. The van der Waals surface area contributed by atoms with E-state index in [2.05, 4.69) is 37.4 Å². The molecule has 1 aliphatic heterocycles. The molecule has 1 aliphatic rings. The van der Waals surface area contributed by atoms with E-state index in [4.69, 9.17) is 9.72 Å². The minimum atomic E-state index is 0.0380. The Morgan fingerprint density at radius 2 is 1.83 bits per heavy atom. The quantitative estimate of drug-likeness (QED) is 0.736. The average molecular weight is 393 g/mol. The summed E-state index contributed by atoms with van der Waals surface area (Å²) in [4.78, 5) is 19.7. The Morgan fingerprint density at radius 3 is 2.52 bits per heavy atom. The summed E-state index contributed by atoms with van der Waals surface area (Å²) in [7, 11) is 0. The molecule has 4 rings (SSSR count). The molecule has 0 saturated carbocycles. The van der Waals surface area contributed by atoms with Crippen LogP contribution >= 0.6 is 0 Å². The lowest BCUT2D eigenvalue weighted by Crippen LogP contribution is -2.40.